The number of rotatable bonds is 2. The summed E-state index contributed by atoms with van der Waals surface area (Å²) in [4.78, 5) is 14.5. The lowest BCUT2D eigenvalue weighted by Gasteiger charge is -2.40. The van der Waals surface area contributed by atoms with Gasteiger partial charge in [0.1, 0.15) is 0 Å². The number of ether oxygens (including phenoxy) is 1. The predicted molar refractivity (Wildman–Crippen MR) is 72.9 cm³/mol. The Balaban J connectivity index is 1.72. The van der Waals surface area contributed by atoms with E-state index in [1.54, 1.807) is 0 Å². The Labute approximate surface area is 113 Å². The highest BCUT2D eigenvalue weighted by Crippen LogP contribution is 2.36. The molecule has 0 radical (unpaired) electrons. The van der Waals surface area contributed by atoms with Gasteiger partial charge in [-0.3, -0.25) is 4.79 Å². The van der Waals surface area contributed by atoms with Gasteiger partial charge in [0, 0.05) is 19.6 Å². The van der Waals surface area contributed by atoms with Gasteiger partial charge in [0.2, 0.25) is 5.91 Å². The van der Waals surface area contributed by atoms with Crippen molar-refractivity contribution in [1.82, 2.24) is 4.90 Å². The van der Waals surface area contributed by atoms with E-state index in [2.05, 4.69) is 12.1 Å². The molecule has 19 heavy (non-hydrogen) atoms. The fraction of sp³-hybridized carbons (Fsp3) is 0.533. The minimum absolute atomic E-state index is 0.0250. The molecule has 0 saturated carbocycles. The Morgan fingerprint density at radius 1 is 1.42 bits per heavy atom. The maximum atomic E-state index is 12.6. The smallest absolute Gasteiger partial charge is 0.230 e. The summed E-state index contributed by atoms with van der Waals surface area (Å²) in [6.45, 7) is 3.76. The Hall–Kier alpha value is -1.39. The number of benzene rings is 1. The maximum Gasteiger partial charge on any atom is 0.230 e. The lowest BCUT2D eigenvalue weighted by atomic mass is 9.76. The van der Waals surface area contributed by atoms with Gasteiger partial charge in [-0.15, -0.1) is 0 Å². The molecule has 3 atom stereocenters. The van der Waals surface area contributed by atoms with Crippen molar-refractivity contribution in [1.29, 1.82) is 0 Å². The number of nitrogens with two attached hydrogens (primary N) is 1. The maximum absolute atomic E-state index is 12.6. The first-order valence-electron chi connectivity index (χ1n) is 6.91. The molecule has 1 aromatic rings. The van der Waals surface area contributed by atoms with E-state index >= 15 is 0 Å². The van der Waals surface area contributed by atoms with Crippen LogP contribution in [0.4, 0.5) is 0 Å². The average Bonchev–Trinajstić information content (AvgIpc) is 2.39. The Bertz CT molecular complexity index is 489. The van der Waals surface area contributed by atoms with Gasteiger partial charge in [-0.05, 0) is 24.5 Å². The molecule has 1 amide bonds. The molecule has 3 unspecified atom stereocenters. The summed E-state index contributed by atoms with van der Waals surface area (Å²) in [6.07, 6.45) is 0.915. The molecular formula is C15H20N2O2. The molecule has 102 valence electrons. The molecule has 4 heteroatoms. The largest absolute Gasteiger partial charge is 0.370 e. The highest BCUT2D eigenvalue weighted by molar-refractivity contribution is 5.87. The van der Waals surface area contributed by atoms with Crippen molar-refractivity contribution >= 4 is 5.91 Å². The number of hydrogen-bond acceptors (Lipinski definition) is 3. The van der Waals surface area contributed by atoms with Gasteiger partial charge in [-0.1, -0.05) is 24.3 Å². The summed E-state index contributed by atoms with van der Waals surface area (Å²) in [5.74, 6) is 0.271. The normalized spacial score (nSPS) is 29.6. The van der Waals surface area contributed by atoms with Gasteiger partial charge in [0.15, 0.2) is 0 Å². The molecule has 0 spiro atoms. The molecule has 1 saturated heterocycles. The van der Waals surface area contributed by atoms with Crippen molar-refractivity contribution < 1.29 is 9.53 Å². The second kappa shape index (κ2) is 4.94. The van der Waals surface area contributed by atoms with E-state index < -0.39 is 0 Å². The zero-order valence-corrected chi connectivity index (χ0v) is 11.2. The number of carbonyl (C=O) groups excluding carboxylic acids is 1. The first kappa shape index (κ1) is 12.6. The summed E-state index contributed by atoms with van der Waals surface area (Å²) in [7, 11) is 0. The average molecular weight is 260 g/mol. The predicted octanol–water partition coefficient (Wildman–Crippen LogP) is 0.901. The van der Waals surface area contributed by atoms with Gasteiger partial charge in [0.25, 0.3) is 0 Å². The summed E-state index contributed by atoms with van der Waals surface area (Å²) in [5, 5.41) is 0. The molecule has 4 nitrogen and oxygen atoms in total. The van der Waals surface area contributed by atoms with Crippen molar-refractivity contribution in [3.05, 3.63) is 35.4 Å². The van der Waals surface area contributed by atoms with Crippen molar-refractivity contribution in [3.63, 3.8) is 0 Å². The summed E-state index contributed by atoms with van der Waals surface area (Å²) < 4.78 is 5.70. The molecule has 1 aliphatic heterocycles. The molecule has 1 heterocycles. The minimum Gasteiger partial charge on any atom is -0.370 e. The fourth-order valence-electron chi connectivity index (χ4n) is 3.05. The lowest BCUT2D eigenvalue weighted by molar-refractivity contribution is -0.145. The third kappa shape index (κ3) is 2.26. The van der Waals surface area contributed by atoms with Crippen molar-refractivity contribution in [2.45, 2.75) is 31.5 Å². The van der Waals surface area contributed by atoms with Crippen LogP contribution < -0.4 is 5.73 Å². The van der Waals surface area contributed by atoms with Crippen LogP contribution in [0, 0.1) is 0 Å². The van der Waals surface area contributed by atoms with Gasteiger partial charge in [0.05, 0.1) is 18.1 Å². The molecule has 3 rings (SSSR count). The summed E-state index contributed by atoms with van der Waals surface area (Å²) >= 11 is 0. The standard InChI is InChI=1S/C15H20N2O2/c1-10-8-17(9-12(7-16)19-10)15(18)14-6-11-4-2-3-5-13(11)14/h2-5,10,12,14H,6-9,16H2,1H3. The van der Waals surface area contributed by atoms with Crippen LogP contribution in [-0.2, 0) is 16.0 Å². The quantitative estimate of drug-likeness (QED) is 0.859. The molecular weight excluding hydrogens is 240 g/mol. The number of fused-ring (bicyclic) bond motifs is 1. The van der Waals surface area contributed by atoms with E-state index in [0.29, 0.717) is 19.6 Å². The van der Waals surface area contributed by atoms with Gasteiger partial charge >= 0.3 is 0 Å². The third-order valence-electron chi connectivity index (χ3n) is 4.05. The van der Waals surface area contributed by atoms with Crippen LogP contribution in [0.25, 0.3) is 0 Å². The highest BCUT2D eigenvalue weighted by Gasteiger charge is 2.37. The number of nitrogens with zero attached hydrogens (tertiary/aromatic N) is 1. The van der Waals surface area contributed by atoms with Crippen LogP contribution in [0.3, 0.4) is 0 Å². The summed E-state index contributed by atoms with van der Waals surface area (Å²) in [5.41, 5.74) is 8.16. The third-order valence-corrected chi connectivity index (χ3v) is 4.05. The molecule has 2 aliphatic rings. The topological polar surface area (TPSA) is 55.6 Å². The van der Waals surface area contributed by atoms with Crippen LogP contribution in [0.2, 0.25) is 0 Å². The second-order valence-corrected chi connectivity index (χ2v) is 5.50. The first-order valence-corrected chi connectivity index (χ1v) is 6.91. The number of carbonyl (C=O) groups is 1. The van der Waals surface area contributed by atoms with Crippen LogP contribution >= 0.6 is 0 Å². The molecule has 0 aromatic heterocycles. The minimum atomic E-state index is -0.0250. The lowest BCUT2D eigenvalue weighted by Crippen LogP contribution is -2.53. The van der Waals surface area contributed by atoms with Crippen LogP contribution in [-0.4, -0.2) is 42.6 Å². The Kier molecular flexibility index (Phi) is 3.29. The number of morpholine rings is 1. The van der Waals surface area contributed by atoms with E-state index in [4.69, 9.17) is 10.5 Å². The Morgan fingerprint density at radius 3 is 2.95 bits per heavy atom. The molecule has 0 bridgehead atoms. The Morgan fingerprint density at radius 2 is 2.21 bits per heavy atom. The monoisotopic (exact) mass is 260 g/mol. The van der Waals surface area contributed by atoms with Crippen LogP contribution in [0.15, 0.2) is 24.3 Å². The van der Waals surface area contributed by atoms with E-state index in [1.165, 1.54) is 11.1 Å². The van der Waals surface area contributed by atoms with Gasteiger partial charge in [-0.2, -0.15) is 0 Å². The van der Waals surface area contributed by atoms with Crippen molar-refractivity contribution in [2.24, 2.45) is 5.73 Å². The fourth-order valence-corrected chi connectivity index (χ4v) is 3.05. The van der Waals surface area contributed by atoms with Crippen molar-refractivity contribution in [3.8, 4) is 0 Å². The highest BCUT2D eigenvalue weighted by atomic mass is 16.5. The molecule has 1 aromatic carbocycles. The van der Waals surface area contributed by atoms with E-state index in [0.717, 1.165) is 6.42 Å². The summed E-state index contributed by atoms with van der Waals surface area (Å²) in [6, 6.07) is 8.19. The van der Waals surface area contributed by atoms with Crippen LogP contribution in [0.1, 0.15) is 24.0 Å². The van der Waals surface area contributed by atoms with E-state index in [-0.39, 0.29) is 24.0 Å². The zero-order valence-electron chi connectivity index (χ0n) is 11.2. The van der Waals surface area contributed by atoms with Crippen LogP contribution in [0.5, 0.6) is 0 Å². The second-order valence-electron chi connectivity index (χ2n) is 5.50. The molecule has 2 N–H and O–H groups in total. The zero-order chi connectivity index (χ0) is 13.4. The SMILES string of the molecule is CC1CN(C(=O)C2Cc3ccccc32)CC(CN)O1. The van der Waals surface area contributed by atoms with Gasteiger partial charge in [-0.25, -0.2) is 0 Å². The molecule has 1 aliphatic carbocycles. The number of hydrogen-bond donors (Lipinski definition) is 1. The van der Waals surface area contributed by atoms with Gasteiger partial charge < -0.3 is 15.4 Å². The van der Waals surface area contributed by atoms with E-state index in [1.807, 2.05) is 24.0 Å². The van der Waals surface area contributed by atoms with Crippen molar-refractivity contribution in [2.75, 3.05) is 19.6 Å². The molecule has 1 fully saturated rings. The van der Waals surface area contributed by atoms with E-state index in [9.17, 15) is 4.79 Å². The number of amides is 1. The first-order chi connectivity index (χ1) is 9.19.